The molecule has 188 valence electrons. The van der Waals surface area contributed by atoms with Gasteiger partial charge in [-0.25, -0.2) is 0 Å². The van der Waals surface area contributed by atoms with Crippen molar-refractivity contribution in [2.75, 3.05) is 10.2 Å². The van der Waals surface area contributed by atoms with Crippen LogP contribution in [0.25, 0.3) is 0 Å². The molecule has 0 aliphatic heterocycles. The van der Waals surface area contributed by atoms with Crippen LogP contribution in [0.4, 0.5) is 11.5 Å². The third-order valence-electron chi connectivity index (χ3n) is 6.25. The van der Waals surface area contributed by atoms with Crippen molar-refractivity contribution in [2.45, 2.75) is 64.5 Å². The SMILES string of the molecule is Cc1ccc(N(C(=O)CCC(=O)Nc2cc(C)on2)[C@H](C(=O)NC2CCCC2)c2cccnc2)cc1. The van der Waals surface area contributed by atoms with Crippen LogP contribution >= 0.6 is 0 Å². The Bertz CT molecular complexity index is 1190. The Hall–Kier alpha value is -4.01. The van der Waals surface area contributed by atoms with Crippen molar-refractivity contribution in [1.29, 1.82) is 0 Å². The summed E-state index contributed by atoms with van der Waals surface area (Å²) in [6.07, 6.45) is 7.06. The van der Waals surface area contributed by atoms with Crippen molar-refractivity contribution < 1.29 is 18.9 Å². The molecular formula is C27H31N5O4. The molecule has 9 heteroatoms. The predicted molar refractivity (Wildman–Crippen MR) is 135 cm³/mol. The summed E-state index contributed by atoms with van der Waals surface area (Å²) in [5.74, 6) is -0.107. The molecule has 0 radical (unpaired) electrons. The minimum Gasteiger partial charge on any atom is -0.360 e. The molecule has 2 aromatic heterocycles. The Morgan fingerprint density at radius 1 is 1.08 bits per heavy atom. The number of anilines is 2. The number of amides is 3. The van der Waals surface area contributed by atoms with E-state index in [1.54, 1.807) is 37.5 Å². The molecule has 3 aromatic rings. The first-order chi connectivity index (χ1) is 17.4. The van der Waals surface area contributed by atoms with E-state index in [-0.39, 0.29) is 36.6 Å². The average molecular weight is 490 g/mol. The molecule has 0 unspecified atom stereocenters. The second-order valence-electron chi connectivity index (χ2n) is 9.15. The van der Waals surface area contributed by atoms with Gasteiger partial charge in [0.05, 0.1) is 0 Å². The van der Waals surface area contributed by atoms with E-state index < -0.39 is 6.04 Å². The second kappa shape index (κ2) is 11.6. The number of carbonyl (C=O) groups excluding carboxylic acids is 3. The van der Waals surface area contributed by atoms with Crippen LogP contribution in [-0.4, -0.2) is 33.9 Å². The zero-order valence-electron chi connectivity index (χ0n) is 20.6. The third kappa shape index (κ3) is 6.35. The summed E-state index contributed by atoms with van der Waals surface area (Å²) in [7, 11) is 0. The van der Waals surface area contributed by atoms with Crippen LogP contribution in [0.5, 0.6) is 0 Å². The molecule has 3 amide bonds. The Labute approximate surface area is 210 Å². The number of benzene rings is 1. The van der Waals surface area contributed by atoms with Gasteiger partial charge in [-0.15, -0.1) is 0 Å². The normalized spacial score (nSPS) is 14.3. The number of carbonyl (C=O) groups is 3. The lowest BCUT2D eigenvalue weighted by atomic mass is 10.0. The minimum absolute atomic E-state index is 0.0723. The summed E-state index contributed by atoms with van der Waals surface area (Å²) < 4.78 is 4.97. The summed E-state index contributed by atoms with van der Waals surface area (Å²) in [5.41, 5.74) is 2.21. The van der Waals surface area contributed by atoms with Gasteiger partial charge in [0.1, 0.15) is 11.8 Å². The molecular weight excluding hydrogens is 458 g/mol. The monoisotopic (exact) mass is 489 g/mol. The van der Waals surface area contributed by atoms with E-state index in [1.165, 1.54) is 4.90 Å². The zero-order valence-corrected chi connectivity index (χ0v) is 20.6. The van der Waals surface area contributed by atoms with Gasteiger partial charge in [-0.2, -0.15) is 0 Å². The third-order valence-corrected chi connectivity index (χ3v) is 6.25. The number of aromatic nitrogens is 2. The molecule has 36 heavy (non-hydrogen) atoms. The Balaban J connectivity index is 1.59. The van der Waals surface area contributed by atoms with Gasteiger partial charge in [0, 0.05) is 48.6 Å². The summed E-state index contributed by atoms with van der Waals surface area (Å²) >= 11 is 0. The summed E-state index contributed by atoms with van der Waals surface area (Å²) in [4.78, 5) is 45.4. The maximum atomic E-state index is 13.7. The van der Waals surface area contributed by atoms with E-state index in [9.17, 15) is 14.4 Å². The van der Waals surface area contributed by atoms with Crippen LogP contribution in [-0.2, 0) is 14.4 Å². The van der Waals surface area contributed by atoms with Crippen molar-refractivity contribution in [1.82, 2.24) is 15.5 Å². The van der Waals surface area contributed by atoms with Gasteiger partial charge >= 0.3 is 0 Å². The molecule has 0 spiro atoms. The first-order valence-corrected chi connectivity index (χ1v) is 12.2. The highest BCUT2D eigenvalue weighted by Crippen LogP contribution is 2.30. The van der Waals surface area contributed by atoms with Crippen LogP contribution in [0, 0.1) is 13.8 Å². The van der Waals surface area contributed by atoms with E-state index >= 15 is 0 Å². The molecule has 1 aliphatic rings. The van der Waals surface area contributed by atoms with Crippen LogP contribution < -0.4 is 15.5 Å². The lowest BCUT2D eigenvalue weighted by molar-refractivity contribution is -0.127. The van der Waals surface area contributed by atoms with Gasteiger partial charge in [0.25, 0.3) is 0 Å². The van der Waals surface area contributed by atoms with E-state index in [0.717, 1.165) is 31.2 Å². The van der Waals surface area contributed by atoms with E-state index in [2.05, 4.69) is 20.8 Å². The predicted octanol–water partition coefficient (Wildman–Crippen LogP) is 4.24. The van der Waals surface area contributed by atoms with Gasteiger partial charge in [0.2, 0.25) is 17.7 Å². The smallest absolute Gasteiger partial charge is 0.248 e. The molecule has 9 nitrogen and oxygen atoms in total. The van der Waals surface area contributed by atoms with Crippen LogP contribution in [0.3, 0.4) is 0 Å². The molecule has 2 heterocycles. The van der Waals surface area contributed by atoms with Crippen LogP contribution in [0.1, 0.15) is 61.5 Å². The standard InChI is InChI=1S/C27H31N5O4/c1-18-9-11-22(12-10-18)32(25(34)14-13-24(33)30-23-16-19(2)36-31-23)26(20-6-5-15-28-17-20)27(35)29-21-7-3-4-8-21/h5-6,9-12,15-17,21,26H,3-4,7-8,13-14H2,1-2H3,(H,29,35)(H,30,31,33)/t26-/m0/s1. The van der Waals surface area contributed by atoms with Crippen molar-refractivity contribution in [3.8, 4) is 0 Å². The summed E-state index contributed by atoms with van der Waals surface area (Å²) in [6.45, 7) is 3.68. The lowest BCUT2D eigenvalue weighted by Gasteiger charge is -2.32. The Morgan fingerprint density at radius 3 is 2.47 bits per heavy atom. The lowest BCUT2D eigenvalue weighted by Crippen LogP contribution is -2.46. The number of hydrogen-bond acceptors (Lipinski definition) is 6. The molecule has 4 rings (SSSR count). The number of nitrogens with one attached hydrogen (secondary N) is 2. The first kappa shape index (κ1) is 25.1. The molecule has 1 atom stereocenters. The largest absolute Gasteiger partial charge is 0.360 e. The fraction of sp³-hybridized carbons (Fsp3) is 0.370. The highest BCUT2D eigenvalue weighted by molar-refractivity contribution is 6.03. The van der Waals surface area contributed by atoms with Gasteiger partial charge in [-0.1, -0.05) is 41.8 Å². The number of nitrogens with zero attached hydrogens (tertiary/aromatic N) is 3. The number of hydrogen-bond donors (Lipinski definition) is 2. The summed E-state index contributed by atoms with van der Waals surface area (Å²) in [6, 6.07) is 11.7. The van der Waals surface area contributed by atoms with Crippen molar-refractivity contribution in [3.63, 3.8) is 0 Å². The molecule has 0 bridgehead atoms. The minimum atomic E-state index is -0.921. The highest BCUT2D eigenvalue weighted by atomic mass is 16.5. The van der Waals surface area contributed by atoms with Gasteiger partial charge in [-0.3, -0.25) is 24.3 Å². The van der Waals surface area contributed by atoms with Crippen LogP contribution in [0.15, 0.2) is 59.4 Å². The average Bonchev–Trinajstić information content (AvgIpc) is 3.53. The summed E-state index contributed by atoms with van der Waals surface area (Å²) in [5, 5.41) is 9.52. The van der Waals surface area contributed by atoms with Crippen molar-refractivity contribution in [3.05, 3.63) is 71.7 Å². The van der Waals surface area contributed by atoms with E-state index in [0.29, 0.717) is 22.8 Å². The Kier molecular flexibility index (Phi) is 8.10. The van der Waals surface area contributed by atoms with Crippen LogP contribution in [0.2, 0.25) is 0 Å². The quantitative estimate of drug-likeness (QED) is 0.464. The number of aryl methyl sites for hydroxylation is 2. The maximum absolute atomic E-state index is 13.7. The second-order valence-corrected chi connectivity index (χ2v) is 9.15. The number of pyridine rings is 1. The Morgan fingerprint density at radius 2 is 1.83 bits per heavy atom. The molecule has 1 fully saturated rings. The van der Waals surface area contributed by atoms with E-state index in [1.807, 2.05) is 31.2 Å². The molecule has 1 aliphatic carbocycles. The molecule has 2 N–H and O–H groups in total. The highest BCUT2D eigenvalue weighted by Gasteiger charge is 2.34. The van der Waals surface area contributed by atoms with Gasteiger partial charge < -0.3 is 15.2 Å². The molecule has 0 saturated heterocycles. The topological polar surface area (TPSA) is 117 Å². The zero-order chi connectivity index (χ0) is 25.5. The van der Waals surface area contributed by atoms with Gasteiger partial charge in [0.15, 0.2) is 5.82 Å². The fourth-order valence-electron chi connectivity index (χ4n) is 4.42. The van der Waals surface area contributed by atoms with Gasteiger partial charge in [-0.05, 0) is 44.9 Å². The molecule has 1 saturated carbocycles. The fourth-order valence-corrected chi connectivity index (χ4v) is 4.42. The maximum Gasteiger partial charge on any atom is 0.248 e. The first-order valence-electron chi connectivity index (χ1n) is 12.2. The van der Waals surface area contributed by atoms with Crippen molar-refractivity contribution in [2.24, 2.45) is 0 Å². The number of rotatable bonds is 9. The van der Waals surface area contributed by atoms with Crippen molar-refractivity contribution >= 4 is 29.2 Å². The molecule has 1 aromatic carbocycles. The van der Waals surface area contributed by atoms with E-state index in [4.69, 9.17) is 4.52 Å².